The number of aryl methyl sites for hydroxylation is 1. The number of carbonyl (C=O) groups excluding carboxylic acids is 1. The molecule has 1 amide bonds. The Hall–Kier alpha value is -0.400. The van der Waals surface area contributed by atoms with E-state index in [2.05, 4.69) is 36.8 Å². The lowest BCUT2D eigenvalue weighted by Gasteiger charge is -2.20. The molecule has 0 aliphatic rings. The fourth-order valence-corrected chi connectivity index (χ4v) is 2.47. The Labute approximate surface area is 104 Å². The van der Waals surface area contributed by atoms with Gasteiger partial charge in [0.1, 0.15) is 21.1 Å². The molecule has 1 heterocycles. The van der Waals surface area contributed by atoms with Crippen LogP contribution in [0.5, 0.6) is 0 Å². The van der Waals surface area contributed by atoms with Crippen LogP contribution in [-0.2, 0) is 4.79 Å². The van der Waals surface area contributed by atoms with Gasteiger partial charge in [-0.1, -0.05) is 0 Å². The minimum Gasteiger partial charge on any atom is -0.368 e. The predicted octanol–water partition coefficient (Wildman–Crippen LogP) is 1.09. The zero-order valence-electron chi connectivity index (χ0n) is 8.37. The van der Waals surface area contributed by atoms with Crippen molar-refractivity contribution in [2.24, 2.45) is 11.5 Å². The number of hydrogen-bond donors (Lipinski definition) is 2. The summed E-state index contributed by atoms with van der Waals surface area (Å²) in [5, 5.41) is 0. The first-order valence-corrected chi connectivity index (χ1v) is 5.89. The van der Waals surface area contributed by atoms with Gasteiger partial charge in [-0.3, -0.25) is 4.79 Å². The zero-order valence-corrected chi connectivity index (χ0v) is 11.5. The maximum Gasteiger partial charge on any atom is 0.236 e. The van der Waals surface area contributed by atoms with E-state index in [0.29, 0.717) is 4.60 Å². The second-order valence-electron chi connectivity index (χ2n) is 3.28. The molecule has 0 spiro atoms. The van der Waals surface area contributed by atoms with Gasteiger partial charge in [0.15, 0.2) is 0 Å². The molecule has 7 heteroatoms. The first-order valence-electron chi connectivity index (χ1n) is 4.31. The predicted molar refractivity (Wildman–Crippen MR) is 64.2 cm³/mol. The number of nitrogens with zero attached hydrogens (tertiary/aromatic N) is 2. The van der Waals surface area contributed by atoms with Crippen LogP contribution in [0.15, 0.2) is 9.21 Å². The van der Waals surface area contributed by atoms with E-state index in [1.165, 1.54) is 0 Å². The molecule has 2 unspecified atom stereocenters. The summed E-state index contributed by atoms with van der Waals surface area (Å²) in [5.41, 5.74) is 10.8. The smallest absolute Gasteiger partial charge is 0.236 e. The number of hydrogen-bond acceptors (Lipinski definition) is 3. The molecule has 0 bridgehead atoms. The summed E-state index contributed by atoms with van der Waals surface area (Å²) in [6.45, 7) is 3.65. The number of halogens is 2. The standard InChI is InChI=1S/C8H12Br2N4O/c1-3(5(11)8(12)15)14-4(2)13-6(9)7(14)10/h3,5H,11H2,1-2H3,(H2,12,15). The minimum atomic E-state index is -0.735. The average molecular weight is 340 g/mol. The third-order valence-corrected chi connectivity index (χ3v) is 4.09. The molecule has 84 valence electrons. The van der Waals surface area contributed by atoms with Gasteiger partial charge < -0.3 is 16.0 Å². The topological polar surface area (TPSA) is 86.9 Å². The average Bonchev–Trinajstić information content (AvgIpc) is 2.39. The highest BCUT2D eigenvalue weighted by atomic mass is 79.9. The van der Waals surface area contributed by atoms with Gasteiger partial charge in [0.25, 0.3) is 0 Å². The van der Waals surface area contributed by atoms with Crippen LogP contribution in [0.25, 0.3) is 0 Å². The highest BCUT2D eigenvalue weighted by Crippen LogP contribution is 2.28. The second kappa shape index (κ2) is 4.63. The van der Waals surface area contributed by atoms with E-state index in [4.69, 9.17) is 11.5 Å². The van der Waals surface area contributed by atoms with Gasteiger partial charge >= 0.3 is 0 Å². The van der Waals surface area contributed by atoms with Crippen molar-refractivity contribution in [1.29, 1.82) is 0 Å². The molecule has 4 N–H and O–H groups in total. The quantitative estimate of drug-likeness (QED) is 0.864. The molecular weight excluding hydrogens is 328 g/mol. The highest BCUT2D eigenvalue weighted by molar-refractivity contribution is 9.13. The normalized spacial score (nSPS) is 15.0. The Balaban J connectivity index is 3.10. The Morgan fingerprint density at radius 2 is 2.07 bits per heavy atom. The summed E-state index contributed by atoms with van der Waals surface area (Å²) in [5.74, 6) is 0.233. The Morgan fingerprint density at radius 3 is 2.40 bits per heavy atom. The Morgan fingerprint density at radius 1 is 1.53 bits per heavy atom. The lowest BCUT2D eigenvalue weighted by molar-refractivity contribution is -0.120. The molecule has 1 rings (SSSR count). The van der Waals surface area contributed by atoms with Gasteiger partial charge in [-0.05, 0) is 45.7 Å². The van der Waals surface area contributed by atoms with Crippen molar-refractivity contribution in [3.05, 3.63) is 15.0 Å². The Kier molecular flexibility index (Phi) is 3.91. The van der Waals surface area contributed by atoms with Crippen LogP contribution >= 0.6 is 31.9 Å². The van der Waals surface area contributed by atoms with Crippen LogP contribution in [0.4, 0.5) is 0 Å². The third kappa shape index (κ3) is 2.40. The van der Waals surface area contributed by atoms with Crippen LogP contribution < -0.4 is 11.5 Å². The molecular formula is C8H12Br2N4O. The largest absolute Gasteiger partial charge is 0.368 e. The number of amides is 1. The van der Waals surface area contributed by atoms with E-state index in [1.807, 2.05) is 18.4 Å². The summed E-state index contributed by atoms with van der Waals surface area (Å²) >= 11 is 6.65. The van der Waals surface area contributed by atoms with Crippen LogP contribution in [0, 0.1) is 6.92 Å². The highest BCUT2D eigenvalue weighted by Gasteiger charge is 2.24. The summed E-state index contributed by atoms with van der Waals surface area (Å²) in [7, 11) is 0. The van der Waals surface area contributed by atoms with E-state index in [-0.39, 0.29) is 6.04 Å². The van der Waals surface area contributed by atoms with Crippen LogP contribution in [0.2, 0.25) is 0 Å². The molecule has 1 aromatic rings. The third-order valence-electron chi connectivity index (χ3n) is 2.25. The first kappa shape index (κ1) is 12.7. The minimum absolute atomic E-state index is 0.240. The van der Waals surface area contributed by atoms with Crippen molar-refractivity contribution in [1.82, 2.24) is 9.55 Å². The van der Waals surface area contributed by atoms with Crippen molar-refractivity contribution in [2.75, 3.05) is 0 Å². The van der Waals surface area contributed by atoms with E-state index in [9.17, 15) is 4.79 Å². The molecule has 0 saturated carbocycles. The SMILES string of the molecule is Cc1nc(Br)c(Br)n1C(C)C(N)C(N)=O. The molecule has 0 fully saturated rings. The summed E-state index contributed by atoms with van der Waals surface area (Å²) in [6, 6.07) is -0.975. The number of carbonyl (C=O) groups is 1. The fraction of sp³-hybridized carbons (Fsp3) is 0.500. The van der Waals surface area contributed by atoms with Gasteiger partial charge in [0.2, 0.25) is 5.91 Å². The summed E-state index contributed by atoms with van der Waals surface area (Å²) in [6.07, 6.45) is 0. The van der Waals surface area contributed by atoms with Gasteiger partial charge in [0.05, 0.1) is 6.04 Å². The van der Waals surface area contributed by atoms with Crippen molar-refractivity contribution < 1.29 is 4.79 Å². The molecule has 0 aromatic carbocycles. The van der Waals surface area contributed by atoms with Gasteiger partial charge in [-0.15, -0.1) is 0 Å². The van der Waals surface area contributed by atoms with E-state index in [1.54, 1.807) is 0 Å². The first-order chi connectivity index (χ1) is 6.86. The van der Waals surface area contributed by atoms with E-state index < -0.39 is 11.9 Å². The molecule has 2 atom stereocenters. The second-order valence-corrected chi connectivity index (χ2v) is 4.78. The number of rotatable bonds is 3. The molecule has 0 aliphatic heterocycles. The van der Waals surface area contributed by atoms with E-state index in [0.717, 1.165) is 10.4 Å². The van der Waals surface area contributed by atoms with Crippen LogP contribution in [0.1, 0.15) is 18.8 Å². The monoisotopic (exact) mass is 338 g/mol. The van der Waals surface area contributed by atoms with Crippen LogP contribution in [-0.4, -0.2) is 21.5 Å². The maximum absolute atomic E-state index is 11.0. The van der Waals surface area contributed by atoms with Crippen LogP contribution in [0.3, 0.4) is 0 Å². The number of nitrogens with two attached hydrogens (primary N) is 2. The van der Waals surface area contributed by atoms with Crippen molar-refractivity contribution >= 4 is 37.8 Å². The van der Waals surface area contributed by atoms with Gasteiger partial charge in [-0.2, -0.15) is 0 Å². The molecule has 0 saturated heterocycles. The summed E-state index contributed by atoms with van der Waals surface area (Å²) in [4.78, 5) is 15.2. The number of aromatic nitrogens is 2. The number of primary amides is 1. The molecule has 15 heavy (non-hydrogen) atoms. The lowest BCUT2D eigenvalue weighted by atomic mass is 10.1. The lowest BCUT2D eigenvalue weighted by Crippen LogP contribution is -2.42. The Bertz CT molecular complexity index is 390. The van der Waals surface area contributed by atoms with Gasteiger partial charge in [0, 0.05) is 0 Å². The van der Waals surface area contributed by atoms with Crippen molar-refractivity contribution in [3.8, 4) is 0 Å². The zero-order chi connectivity index (χ0) is 11.7. The van der Waals surface area contributed by atoms with E-state index >= 15 is 0 Å². The number of imidazole rings is 1. The van der Waals surface area contributed by atoms with Crippen molar-refractivity contribution in [3.63, 3.8) is 0 Å². The molecule has 1 aromatic heterocycles. The molecule has 0 aliphatic carbocycles. The molecule has 0 radical (unpaired) electrons. The molecule has 5 nitrogen and oxygen atoms in total. The fourth-order valence-electron chi connectivity index (χ4n) is 1.36. The summed E-state index contributed by atoms with van der Waals surface area (Å²) < 4.78 is 3.26. The van der Waals surface area contributed by atoms with Gasteiger partial charge in [-0.25, -0.2) is 4.98 Å². The van der Waals surface area contributed by atoms with Crippen molar-refractivity contribution in [2.45, 2.75) is 25.9 Å². The maximum atomic E-state index is 11.0.